The van der Waals surface area contributed by atoms with Crippen molar-refractivity contribution in [1.29, 1.82) is 0 Å². The van der Waals surface area contributed by atoms with Crippen LogP contribution in [-0.2, 0) is 4.74 Å². The fourth-order valence-corrected chi connectivity index (χ4v) is 1.03. The summed E-state index contributed by atoms with van der Waals surface area (Å²) in [6, 6.07) is 1.26. The van der Waals surface area contributed by atoms with E-state index in [4.69, 9.17) is 4.74 Å². The summed E-state index contributed by atoms with van der Waals surface area (Å²) in [5.74, 6) is -0.0407. The second-order valence-electron chi connectivity index (χ2n) is 3.12. The lowest BCUT2D eigenvalue weighted by atomic mass is 10.4. The summed E-state index contributed by atoms with van der Waals surface area (Å²) >= 11 is 0. The van der Waals surface area contributed by atoms with Crippen molar-refractivity contribution in [1.82, 2.24) is 9.97 Å². The molecule has 1 aromatic heterocycles. The Balaban J connectivity index is 2.10. The van der Waals surface area contributed by atoms with E-state index in [0.717, 1.165) is 19.4 Å². The summed E-state index contributed by atoms with van der Waals surface area (Å²) in [6.45, 7) is 4.12. The van der Waals surface area contributed by atoms with E-state index >= 15 is 0 Å². The molecule has 0 radical (unpaired) electrons. The standard InChI is InChI=1S/C10H16FN3O/c1-2-3-5-15-6-4-12-10-7-9(11)13-8-14-10/h7-8H,2-6H2,1H3,(H,12,13,14). The van der Waals surface area contributed by atoms with Gasteiger partial charge in [0.1, 0.15) is 12.1 Å². The number of nitrogens with zero attached hydrogens (tertiary/aromatic N) is 2. The average Bonchev–Trinajstić information content (AvgIpc) is 2.23. The molecule has 84 valence electrons. The fourth-order valence-electron chi connectivity index (χ4n) is 1.03. The number of rotatable bonds is 7. The van der Waals surface area contributed by atoms with Crippen molar-refractivity contribution in [3.63, 3.8) is 0 Å². The maximum absolute atomic E-state index is 12.6. The van der Waals surface area contributed by atoms with Crippen LogP contribution in [-0.4, -0.2) is 29.7 Å². The smallest absolute Gasteiger partial charge is 0.217 e. The molecule has 4 nitrogen and oxygen atoms in total. The van der Waals surface area contributed by atoms with Crippen molar-refractivity contribution >= 4 is 5.82 Å². The molecule has 0 spiro atoms. The van der Waals surface area contributed by atoms with Gasteiger partial charge in [0.2, 0.25) is 5.95 Å². The molecule has 0 aliphatic rings. The Hall–Kier alpha value is -1.23. The highest BCUT2D eigenvalue weighted by Gasteiger charge is 1.96. The number of halogens is 1. The van der Waals surface area contributed by atoms with Crippen molar-refractivity contribution in [3.8, 4) is 0 Å². The molecule has 0 atom stereocenters. The van der Waals surface area contributed by atoms with Crippen LogP contribution in [0.15, 0.2) is 12.4 Å². The summed E-state index contributed by atoms with van der Waals surface area (Å²) in [7, 11) is 0. The van der Waals surface area contributed by atoms with Gasteiger partial charge in [-0.15, -0.1) is 0 Å². The molecule has 1 heterocycles. The van der Waals surface area contributed by atoms with Gasteiger partial charge in [0.15, 0.2) is 0 Å². The lowest BCUT2D eigenvalue weighted by Crippen LogP contribution is -2.11. The molecule has 0 aliphatic heterocycles. The van der Waals surface area contributed by atoms with Crippen molar-refractivity contribution in [2.75, 3.05) is 25.1 Å². The number of hydrogen-bond donors (Lipinski definition) is 1. The quantitative estimate of drug-likeness (QED) is 0.554. The molecule has 0 amide bonds. The molecule has 0 saturated carbocycles. The number of hydrogen-bond acceptors (Lipinski definition) is 4. The zero-order valence-corrected chi connectivity index (χ0v) is 8.87. The van der Waals surface area contributed by atoms with Gasteiger partial charge in [0, 0.05) is 19.2 Å². The van der Waals surface area contributed by atoms with Crippen molar-refractivity contribution in [3.05, 3.63) is 18.3 Å². The van der Waals surface area contributed by atoms with Gasteiger partial charge in [0.25, 0.3) is 0 Å². The Bertz CT molecular complexity index is 283. The fraction of sp³-hybridized carbons (Fsp3) is 0.600. The third-order valence-corrected chi connectivity index (χ3v) is 1.83. The van der Waals surface area contributed by atoms with E-state index in [1.165, 1.54) is 12.4 Å². The summed E-state index contributed by atoms with van der Waals surface area (Å²) in [4.78, 5) is 7.22. The van der Waals surface area contributed by atoms with Gasteiger partial charge in [-0.05, 0) is 6.42 Å². The number of unbranched alkanes of at least 4 members (excludes halogenated alkanes) is 1. The van der Waals surface area contributed by atoms with Crippen LogP contribution in [0.1, 0.15) is 19.8 Å². The lowest BCUT2D eigenvalue weighted by molar-refractivity contribution is 0.141. The Kier molecular flexibility index (Phi) is 5.62. The molecule has 0 aromatic carbocycles. The SMILES string of the molecule is CCCCOCCNc1cc(F)ncn1. The van der Waals surface area contributed by atoms with E-state index < -0.39 is 5.95 Å². The number of ether oxygens (including phenoxy) is 1. The second kappa shape index (κ2) is 7.11. The number of anilines is 1. The van der Waals surface area contributed by atoms with Crippen molar-refractivity contribution in [2.24, 2.45) is 0 Å². The van der Waals surface area contributed by atoms with Crippen LogP contribution in [0.2, 0.25) is 0 Å². The van der Waals surface area contributed by atoms with E-state index in [0.29, 0.717) is 19.0 Å². The predicted molar refractivity (Wildman–Crippen MR) is 56.2 cm³/mol. The maximum atomic E-state index is 12.6. The highest BCUT2D eigenvalue weighted by atomic mass is 19.1. The Labute approximate surface area is 88.9 Å². The Morgan fingerprint density at radius 2 is 2.27 bits per heavy atom. The first-order chi connectivity index (χ1) is 7.33. The molecular weight excluding hydrogens is 197 g/mol. The van der Waals surface area contributed by atoms with Gasteiger partial charge >= 0.3 is 0 Å². The summed E-state index contributed by atoms with van der Waals surface area (Å²) in [5.41, 5.74) is 0. The molecule has 0 fully saturated rings. The summed E-state index contributed by atoms with van der Waals surface area (Å²) < 4.78 is 17.9. The molecule has 1 rings (SSSR count). The van der Waals surface area contributed by atoms with Gasteiger partial charge in [-0.25, -0.2) is 9.97 Å². The van der Waals surface area contributed by atoms with Gasteiger partial charge in [-0.1, -0.05) is 13.3 Å². The minimum atomic E-state index is -0.528. The zero-order chi connectivity index (χ0) is 10.9. The Morgan fingerprint density at radius 3 is 3.00 bits per heavy atom. The summed E-state index contributed by atoms with van der Waals surface area (Å²) in [5, 5.41) is 2.95. The first-order valence-corrected chi connectivity index (χ1v) is 5.12. The first-order valence-electron chi connectivity index (χ1n) is 5.12. The number of aromatic nitrogens is 2. The van der Waals surface area contributed by atoms with Crippen LogP contribution in [0.4, 0.5) is 10.2 Å². The van der Waals surface area contributed by atoms with Crippen molar-refractivity contribution < 1.29 is 9.13 Å². The average molecular weight is 213 g/mol. The van der Waals surface area contributed by atoms with Crippen LogP contribution >= 0.6 is 0 Å². The Morgan fingerprint density at radius 1 is 1.40 bits per heavy atom. The minimum Gasteiger partial charge on any atom is -0.380 e. The lowest BCUT2D eigenvalue weighted by Gasteiger charge is -2.05. The molecule has 5 heteroatoms. The molecule has 0 aliphatic carbocycles. The number of nitrogens with one attached hydrogen (secondary N) is 1. The molecule has 0 unspecified atom stereocenters. The van der Waals surface area contributed by atoms with E-state index in [1.807, 2.05) is 0 Å². The monoisotopic (exact) mass is 213 g/mol. The molecule has 0 saturated heterocycles. The van der Waals surface area contributed by atoms with E-state index in [9.17, 15) is 4.39 Å². The minimum absolute atomic E-state index is 0.488. The van der Waals surface area contributed by atoms with E-state index in [-0.39, 0.29) is 0 Å². The van der Waals surface area contributed by atoms with Gasteiger partial charge in [0.05, 0.1) is 6.61 Å². The summed E-state index contributed by atoms with van der Waals surface area (Å²) in [6.07, 6.45) is 3.39. The van der Waals surface area contributed by atoms with Crippen LogP contribution < -0.4 is 5.32 Å². The first kappa shape index (κ1) is 11.8. The van der Waals surface area contributed by atoms with E-state index in [1.54, 1.807) is 0 Å². The maximum Gasteiger partial charge on any atom is 0.217 e. The molecule has 0 bridgehead atoms. The molecule has 1 N–H and O–H groups in total. The molecule has 15 heavy (non-hydrogen) atoms. The topological polar surface area (TPSA) is 47.0 Å². The van der Waals surface area contributed by atoms with Crippen LogP contribution in [0.3, 0.4) is 0 Å². The largest absolute Gasteiger partial charge is 0.380 e. The molecule has 1 aromatic rings. The zero-order valence-electron chi connectivity index (χ0n) is 8.87. The second-order valence-corrected chi connectivity index (χ2v) is 3.12. The van der Waals surface area contributed by atoms with Crippen LogP contribution in [0.5, 0.6) is 0 Å². The third-order valence-electron chi connectivity index (χ3n) is 1.83. The van der Waals surface area contributed by atoms with Gasteiger partial charge < -0.3 is 10.1 Å². The predicted octanol–water partition coefficient (Wildman–Crippen LogP) is 1.84. The highest BCUT2D eigenvalue weighted by molar-refractivity contribution is 5.31. The van der Waals surface area contributed by atoms with Crippen LogP contribution in [0.25, 0.3) is 0 Å². The normalized spacial score (nSPS) is 10.3. The third kappa shape index (κ3) is 5.27. The van der Waals surface area contributed by atoms with Crippen LogP contribution in [0, 0.1) is 5.95 Å². The highest BCUT2D eigenvalue weighted by Crippen LogP contribution is 2.01. The van der Waals surface area contributed by atoms with Gasteiger partial charge in [-0.3, -0.25) is 0 Å². The van der Waals surface area contributed by atoms with Gasteiger partial charge in [-0.2, -0.15) is 4.39 Å². The van der Waals surface area contributed by atoms with E-state index in [2.05, 4.69) is 22.2 Å². The van der Waals surface area contributed by atoms with Crippen molar-refractivity contribution in [2.45, 2.75) is 19.8 Å². The molecular formula is C10H16FN3O.